The molecule has 140 valence electrons. The Balaban J connectivity index is 1.99. The minimum atomic E-state index is -0.0879. The molecule has 0 N–H and O–H groups in total. The van der Waals surface area contributed by atoms with Crippen LogP contribution in [0.2, 0.25) is 0 Å². The van der Waals surface area contributed by atoms with Crippen molar-refractivity contribution in [1.82, 2.24) is 19.2 Å². The van der Waals surface area contributed by atoms with Crippen molar-refractivity contribution in [2.45, 2.75) is 46.0 Å². The maximum Gasteiger partial charge on any atom is 0.290 e. The third-order valence-corrected chi connectivity index (χ3v) is 4.86. The van der Waals surface area contributed by atoms with Gasteiger partial charge >= 0.3 is 0 Å². The first-order valence-corrected chi connectivity index (χ1v) is 9.73. The third kappa shape index (κ3) is 3.59. The van der Waals surface area contributed by atoms with Crippen LogP contribution in [0.3, 0.4) is 0 Å². The Morgan fingerprint density at radius 1 is 1.08 bits per heavy atom. The molecule has 0 atom stereocenters. The normalized spacial score (nSPS) is 14.6. The van der Waals surface area contributed by atoms with Crippen molar-refractivity contribution < 1.29 is 9.59 Å². The Morgan fingerprint density at radius 2 is 1.77 bits per heavy atom. The van der Waals surface area contributed by atoms with Gasteiger partial charge in [-0.1, -0.05) is 19.9 Å². The van der Waals surface area contributed by atoms with E-state index in [9.17, 15) is 9.59 Å². The predicted molar refractivity (Wildman–Crippen MR) is 101 cm³/mol. The van der Waals surface area contributed by atoms with Crippen LogP contribution in [-0.4, -0.2) is 57.2 Å². The van der Waals surface area contributed by atoms with E-state index < -0.39 is 0 Å². The van der Waals surface area contributed by atoms with E-state index in [2.05, 4.69) is 18.8 Å². The average Bonchev–Trinajstić information content (AvgIpc) is 3.07. The van der Waals surface area contributed by atoms with Gasteiger partial charge in [0.05, 0.1) is 5.52 Å². The van der Waals surface area contributed by atoms with Crippen molar-refractivity contribution in [2.24, 2.45) is 0 Å². The van der Waals surface area contributed by atoms with E-state index in [1.165, 1.54) is 6.42 Å². The molecular formula is C20H28N4O2. The smallest absolute Gasteiger partial charge is 0.290 e. The molecule has 1 aliphatic rings. The van der Waals surface area contributed by atoms with Gasteiger partial charge in [0.25, 0.3) is 11.8 Å². The second-order valence-corrected chi connectivity index (χ2v) is 6.88. The van der Waals surface area contributed by atoms with Gasteiger partial charge in [-0.05, 0) is 44.2 Å². The number of fused-ring (bicyclic) bond motifs is 1. The highest BCUT2D eigenvalue weighted by Crippen LogP contribution is 2.19. The molecule has 1 fully saturated rings. The molecule has 6 heteroatoms. The number of likely N-dealkylation sites (tertiary alicyclic amines) is 1. The van der Waals surface area contributed by atoms with Crippen LogP contribution in [0.5, 0.6) is 0 Å². The molecule has 0 unspecified atom stereocenters. The predicted octanol–water partition coefficient (Wildman–Crippen LogP) is 3.22. The van der Waals surface area contributed by atoms with Crippen molar-refractivity contribution in [3.05, 3.63) is 35.9 Å². The number of amides is 2. The fourth-order valence-electron chi connectivity index (χ4n) is 3.59. The van der Waals surface area contributed by atoms with Gasteiger partial charge in [-0.15, -0.1) is 0 Å². The Labute approximate surface area is 154 Å². The lowest BCUT2D eigenvalue weighted by Crippen LogP contribution is -2.36. The number of hydrogen-bond donors (Lipinski definition) is 0. The molecule has 2 aromatic heterocycles. The van der Waals surface area contributed by atoms with E-state index in [0.29, 0.717) is 30.1 Å². The molecule has 3 heterocycles. The Morgan fingerprint density at radius 3 is 2.42 bits per heavy atom. The largest absolute Gasteiger partial charge is 0.337 e. The maximum atomic E-state index is 13.1. The van der Waals surface area contributed by atoms with E-state index in [4.69, 9.17) is 0 Å². The van der Waals surface area contributed by atoms with Crippen LogP contribution in [0.1, 0.15) is 67.1 Å². The van der Waals surface area contributed by atoms with Gasteiger partial charge in [-0.3, -0.25) is 14.0 Å². The van der Waals surface area contributed by atoms with Crippen LogP contribution in [0.25, 0.3) is 5.52 Å². The summed E-state index contributed by atoms with van der Waals surface area (Å²) in [5, 5.41) is 0. The molecule has 2 amide bonds. The van der Waals surface area contributed by atoms with Crippen molar-refractivity contribution in [1.29, 1.82) is 0 Å². The number of aromatic nitrogens is 2. The minimum Gasteiger partial charge on any atom is -0.337 e. The Kier molecular flexibility index (Phi) is 5.91. The molecule has 0 bridgehead atoms. The molecule has 6 nitrogen and oxygen atoms in total. The second kappa shape index (κ2) is 8.34. The number of rotatable bonds is 6. The third-order valence-electron chi connectivity index (χ3n) is 4.86. The van der Waals surface area contributed by atoms with E-state index in [0.717, 1.165) is 38.8 Å². The summed E-state index contributed by atoms with van der Waals surface area (Å²) < 4.78 is 1.76. The standard InChI is InChI=1S/C20H28N4O2/c1-3-11-22(12-4-2)19(25)17-16-10-6-9-15-24(16)18(21-17)20(26)23-13-7-5-8-14-23/h6,9-10,15H,3-5,7-8,11-14H2,1-2H3. The SMILES string of the molecule is CCCN(CCC)C(=O)c1nc(C(=O)N2CCCCC2)n2ccccc12. The summed E-state index contributed by atoms with van der Waals surface area (Å²) in [5.41, 5.74) is 1.09. The highest BCUT2D eigenvalue weighted by atomic mass is 16.2. The summed E-state index contributed by atoms with van der Waals surface area (Å²) >= 11 is 0. The van der Waals surface area contributed by atoms with Gasteiger partial charge in [-0.25, -0.2) is 4.98 Å². The van der Waals surface area contributed by atoms with E-state index in [-0.39, 0.29) is 11.8 Å². The Hall–Kier alpha value is -2.37. The first kappa shape index (κ1) is 18.4. The lowest BCUT2D eigenvalue weighted by molar-refractivity contribution is 0.0711. The molecule has 0 spiro atoms. The van der Waals surface area contributed by atoms with Crippen LogP contribution in [0.15, 0.2) is 24.4 Å². The fourth-order valence-corrected chi connectivity index (χ4v) is 3.59. The minimum absolute atomic E-state index is 0.0810. The van der Waals surface area contributed by atoms with E-state index in [1.54, 1.807) is 4.40 Å². The number of pyridine rings is 1. The summed E-state index contributed by atoms with van der Waals surface area (Å²) in [6.45, 7) is 7.06. The van der Waals surface area contributed by atoms with Crippen LogP contribution in [-0.2, 0) is 0 Å². The van der Waals surface area contributed by atoms with Crippen molar-refractivity contribution in [2.75, 3.05) is 26.2 Å². The monoisotopic (exact) mass is 356 g/mol. The molecule has 0 aliphatic carbocycles. The summed E-state index contributed by atoms with van der Waals surface area (Å²) in [5.74, 6) is 0.177. The lowest BCUT2D eigenvalue weighted by atomic mass is 10.1. The van der Waals surface area contributed by atoms with Crippen LogP contribution < -0.4 is 0 Å². The summed E-state index contributed by atoms with van der Waals surface area (Å²) in [6.07, 6.45) is 6.84. The molecule has 26 heavy (non-hydrogen) atoms. The number of nitrogens with zero attached hydrogens (tertiary/aromatic N) is 4. The zero-order chi connectivity index (χ0) is 18.5. The van der Waals surface area contributed by atoms with Gasteiger partial charge < -0.3 is 9.80 Å². The zero-order valence-corrected chi connectivity index (χ0v) is 15.8. The molecule has 2 aromatic rings. The van der Waals surface area contributed by atoms with Crippen LogP contribution >= 0.6 is 0 Å². The molecule has 0 aromatic carbocycles. The first-order chi connectivity index (χ1) is 12.7. The van der Waals surface area contributed by atoms with E-state index >= 15 is 0 Å². The lowest BCUT2D eigenvalue weighted by Gasteiger charge is -2.25. The molecule has 1 saturated heterocycles. The number of carbonyl (C=O) groups excluding carboxylic acids is 2. The number of piperidine rings is 1. The highest BCUT2D eigenvalue weighted by Gasteiger charge is 2.27. The van der Waals surface area contributed by atoms with Crippen molar-refractivity contribution in [3.63, 3.8) is 0 Å². The molecule has 3 rings (SSSR count). The molecule has 0 radical (unpaired) electrons. The number of imidazole rings is 1. The van der Waals surface area contributed by atoms with Gasteiger partial charge in [0.15, 0.2) is 5.69 Å². The van der Waals surface area contributed by atoms with Crippen molar-refractivity contribution in [3.8, 4) is 0 Å². The second-order valence-electron chi connectivity index (χ2n) is 6.88. The Bertz CT molecular complexity index is 771. The average molecular weight is 356 g/mol. The molecule has 1 aliphatic heterocycles. The molecule has 0 saturated carbocycles. The van der Waals surface area contributed by atoms with Crippen molar-refractivity contribution >= 4 is 17.3 Å². The molecular weight excluding hydrogens is 328 g/mol. The highest BCUT2D eigenvalue weighted by molar-refractivity contribution is 6.02. The topological polar surface area (TPSA) is 57.9 Å². The zero-order valence-electron chi connectivity index (χ0n) is 15.8. The number of hydrogen-bond acceptors (Lipinski definition) is 3. The first-order valence-electron chi connectivity index (χ1n) is 9.73. The summed E-state index contributed by atoms with van der Waals surface area (Å²) in [7, 11) is 0. The summed E-state index contributed by atoms with van der Waals surface area (Å²) in [4.78, 5) is 34.3. The van der Waals surface area contributed by atoms with Crippen LogP contribution in [0.4, 0.5) is 0 Å². The number of carbonyl (C=O) groups is 2. The van der Waals surface area contributed by atoms with E-state index in [1.807, 2.05) is 34.2 Å². The summed E-state index contributed by atoms with van der Waals surface area (Å²) in [6, 6.07) is 5.61. The quantitative estimate of drug-likeness (QED) is 0.798. The fraction of sp³-hybridized carbons (Fsp3) is 0.550. The van der Waals surface area contributed by atoms with Gasteiger partial charge in [0.2, 0.25) is 5.82 Å². The maximum absolute atomic E-state index is 13.1. The van der Waals surface area contributed by atoms with Gasteiger partial charge in [-0.2, -0.15) is 0 Å². The van der Waals surface area contributed by atoms with Crippen LogP contribution in [0, 0.1) is 0 Å². The van der Waals surface area contributed by atoms with Gasteiger partial charge in [0.1, 0.15) is 0 Å². The van der Waals surface area contributed by atoms with Gasteiger partial charge in [0, 0.05) is 32.4 Å².